The first-order valence-electron chi connectivity index (χ1n) is 9.68. The second-order valence-electron chi connectivity index (χ2n) is 6.79. The van der Waals surface area contributed by atoms with E-state index in [1.165, 1.54) is 11.8 Å². The van der Waals surface area contributed by atoms with Crippen LogP contribution in [0, 0.1) is 6.92 Å². The molecule has 0 bridgehead atoms. The molecule has 3 aromatic carbocycles. The Balaban J connectivity index is 1.38. The maximum atomic E-state index is 12.6. The number of rotatable bonds is 7. The summed E-state index contributed by atoms with van der Waals surface area (Å²) < 4.78 is 5.29. The van der Waals surface area contributed by atoms with Crippen LogP contribution in [0.2, 0.25) is 0 Å². The van der Waals surface area contributed by atoms with Crippen LogP contribution in [-0.4, -0.2) is 23.5 Å². The lowest BCUT2D eigenvalue weighted by Gasteiger charge is -2.11. The highest BCUT2D eigenvalue weighted by molar-refractivity contribution is 7.98. The fourth-order valence-electron chi connectivity index (χ4n) is 3.12. The van der Waals surface area contributed by atoms with Crippen LogP contribution in [0.15, 0.2) is 77.0 Å². The molecule has 5 nitrogen and oxygen atoms in total. The number of aryl methyl sites for hydroxylation is 1. The van der Waals surface area contributed by atoms with E-state index in [9.17, 15) is 9.59 Å². The van der Waals surface area contributed by atoms with Gasteiger partial charge in [0, 0.05) is 27.1 Å². The van der Waals surface area contributed by atoms with Crippen molar-refractivity contribution in [2.75, 3.05) is 11.9 Å². The maximum absolute atomic E-state index is 12.6. The summed E-state index contributed by atoms with van der Waals surface area (Å²) in [4.78, 5) is 30.3. The molecule has 31 heavy (non-hydrogen) atoms. The van der Waals surface area contributed by atoms with Crippen molar-refractivity contribution in [1.29, 1.82) is 0 Å². The molecule has 0 unspecified atom stereocenters. The van der Waals surface area contributed by atoms with Crippen molar-refractivity contribution in [2.45, 2.75) is 17.6 Å². The average molecular weight is 449 g/mol. The Morgan fingerprint density at radius 1 is 1.03 bits per heavy atom. The molecule has 0 aliphatic rings. The molecular weight excluding hydrogens is 428 g/mol. The SMILES string of the molecule is Cc1nc(CSc2ccccc2C(=O)OCC(=O)Nc2cccc3ccccc23)cs1. The van der Waals surface area contributed by atoms with Gasteiger partial charge in [0.1, 0.15) is 0 Å². The molecule has 4 rings (SSSR count). The Bertz CT molecular complexity index is 1230. The van der Waals surface area contributed by atoms with E-state index in [0.717, 1.165) is 26.4 Å². The van der Waals surface area contributed by atoms with Crippen LogP contribution in [-0.2, 0) is 15.3 Å². The predicted octanol–water partition coefficient (Wildman–Crippen LogP) is 5.69. The van der Waals surface area contributed by atoms with E-state index in [0.29, 0.717) is 17.0 Å². The van der Waals surface area contributed by atoms with Crippen LogP contribution >= 0.6 is 23.1 Å². The highest BCUT2D eigenvalue weighted by Crippen LogP contribution is 2.27. The lowest BCUT2D eigenvalue weighted by Crippen LogP contribution is -2.21. The molecule has 0 spiro atoms. The van der Waals surface area contributed by atoms with Gasteiger partial charge in [-0.05, 0) is 30.5 Å². The molecule has 0 saturated heterocycles. The summed E-state index contributed by atoms with van der Waals surface area (Å²) in [5.41, 5.74) is 2.11. The Morgan fingerprint density at radius 2 is 1.81 bits per heavy atom. The zero-order valence-electron chi connectivity index (χ0n) is 16.8. The largest absolute Gasteiger partial charge is 0.452 e. The third-order valence-corrected chi connectivity index (χ3v) is 6.48. The van der Waals surface area contributed by atoms with Crippen LogP contribution in [0.3, 0.4) is 0 Å². The molecule has 4 aromatic rings. The Morgan fingerprint density at radius 3 is 2.65 bits per heavy atom. The molecule has 1 amide bonds. The number of carbonyl (C=O) groups is 2. The first-order chi connectivity index (χ1) is 15.1. The highest BCUT2D eigenvalue weighted by Gasteiger charge is 2.15. The summed E-state index contributed by atoms with van der Waals surface area (Å²) in [5.74, 6) is -0.241. The molecule has 156 valence electrons. The van der Waals surface area contributed by atoms with Crippen LogP contribution in [0.1, 0.15) is 21.1 Å². The van der Waals surface area contributed by atoms with Crippen molar-refractivity contribution >= 4 is 51.4 Å². The topological polar surface area (TPSA) is 68.3 Å². The fourth-order valence-corrected chi connectivity index (χ4v) is 4.77. The molecule has 0 fully saturated rings. The van der Waals surface area contributed by atoms with Crippen molar-refractivity contribution in [3.63, 3.8) is 0 Å². The predicted molar refractivity (Wildman–Crippen MR) is 126 cm³/mol. The summed E-state index contributed by atoms with van der Waals surface area (Å²) in [6, 6.07) is 20.7. The molecular formula is C24H20N2O3S2. The molecule has 1 N–H and O–H groups in total. The number of carbonyl (C=O) groups excluding carboxylic acids is 2. The molecule has 0 radical (unpaired) electrons. The number of benzene rings is 3. The number of amides is 1. The number of hydrogen-bond acceptors (Lipinski definition) is 6. The number of anilines is 1. The van der Waals surface area contributed by atoms with Crippen molar-refractivity contribution in [2.24, 2.45) is 0 Å². The molecule has 0 saturated carbocycles. The van der Waals surface area contributed by atoms with Gasteiger partial charge in [-0.15, -0.1) is 23.1 Å². The van der Waals surface area contributed by atoms with Gasteiger partial charge in [-0.3, -0.25) is 4.79 Å². The second kappa shape index (κ2) is 9.76. The number of nitrogens with one attached hydrogen (secondary N) is 1. The summed E-state index contributed by atoms with van der Waals surface area (Å²) >= 11 is 3.12. The highest BCUT2D eigenvalue weighted by atomic mass is 32.2. The number of thiazole rings is 1. The van der Waals surface area contributed by atoms with E-state index in [4.69, 9.17) is 4.74 Å². The van der Waals surface area contributed by atoms with E-state index in [-0.39, 0.29) is 12.5 Å². The van der Waals surface area contributed by atoms with E-state index < -0.39 is 5.97 Å². The number of thioether (sulfide) groups is 1. The monoisotopic (exact) mass is 448 g/mol. The molecule has 1 heterocycles. The lowest BCUT2D eigenvalue weighted by atomic mass is 10.1. The minimum atomic E-state index is -0.523. The zero-order valence-corrected chi connectivity index (χ0v) is 18.5. The minimum absolute atomic E-state index is 0.355. The van der Waals surface area contributed by atoms with Gasteiger partial charge in [-0.25, -0.2) is 9.78 Å². The van der Waals surface area contributed by atoms with E-state index in [2.05, 4.69) is 10.3 Å². The number of hydrogen-bond donors (Lipinski definition) is 1. The Kier molecular flexibility index (Phi) is 6.64. The number of nitrogens with zero attached hydrogens (tertiary/aromatic N) is 1. The van der Waals surface area contributed by atoms with Gasteiger partial charge in [-0.1, -0.05) is 48.5 Å². The standard InChI is InChI=1S/C24H20N2O3S2/c1-16-25-18(14-30-16)15-31-22-12-5-4-10-20(22)24(28)29-13-23(27)26-21-11-6-8-17-7-2-3-9-19(17)21/h2-12,14H,13,15H2,1H3,(H,26,27). The fraction of sp³-hybridized carbons (Fsp3) is 0.125. The summed E-state index contributed by atoms with van der Waals surface area (Å²) in [6.45, 7) is 1.61. The normalized spacial score (nSPS) is 10.7. The number of ether oxygens (including phenoxy) is 1. The van der Waals surface area contributed by atoms with Gasteiger partial charge >= 0.3 is 5.97 Å². The smallest absolute Gasteiger partial charge is 0.339 e. The first kappa shape index (κ1) is 21.1. The molecule has 0 aliphatic heterocycles. The molecule has 0 atom stereocenters. The second-order valence-corrected chi connectivity index (χ2v) is 8.87. The minimum Gasteiger partial charge on any atom is -0.452 e. The van der Waals surface area contributed by atoms with E-state index in [1.54, 1.807) is 23.5 Å². The van der Waals surface area contributed by atoms with Crippen molar-refractivity contribution in [3.8, 4) is 0 Å². The Labute approximate surface area is 188 Å². The van der Waals surface area contributed by atoms with E-state index in [1.807, 2.05) is 66.9 Å². The molecule has 0 aliphatic carbocycles. The van der Waals surface area contributed by atoms with Gasteiger partial charge in [0.15, 0.2) is 6.61 Å². The first-order valence-corrected chi connectivity index (χ1v) is 11.5. The number of esters is 1. The molecule has 7 heteroatoms. The van der Waals surface area contributed by atoms with Crippen LogP contribution < -0.4 is 5.32 Å². The third-order valence-electron chi connectivity index (χ3n) is 4.55. The lowest BCUT2D eigenvalue weighted by molar-refractivity contribution is -0.119. The van der Waals surface area contributed by atoms with Crippen molar-refractivity contribution in [1.82, 2.24) is 4.98 Å². The van der Waals surface area contributed by atoms with Gasteiger partial charge in [-0.2, -0.15) is 0 Å². The van der Waals surface area contributed by atoms with Crippen LogP contribution in [0.5, 0.6) is 0 Å². The summed E-state index contributed by atoms with van der Waals surface area (Å²) in [5, 5.41) is 7.82. The molecule has 1 aromatic heterocycles. The Hall–Kier alpha value is -3.16. The number of fused-ring (bicyclic) bond motifs is 1. The van der Waals surface area contributed by atoms with Gasteiger partial charge in [0.2, 0.25) is 0 Å². The van der Waals surface area contributed by atoms with Crippen LogP contribution in [0.4, 0.5) is 5.69 Å². The van der Waals surface area contributed by atoms with Crippen molar-refractivity contribution in [3.05, 3.63) is 88.4 Å². The summed E-state index contributed by atoms with van der Waals surface area (Å²) in [6.07, 6.45) is 0. The third kappa shape index (κ3) is 5.31. The quantitative estimate of drug-likeness (QED) is 0.290. The van der Waals surface area contributed by atoms with Crippen LogP contribution in [0.25, 0.3) is 10.8 Å². The average Bonchev–Trinajstić information content (AvgIpc) is 3.21. The van der Waals surface area contributed by atoms with Gasteiger partial charge in [0.05, 0.1) is 16.3 Å². The van der Waals surface area contributed by atoms with Gasteiger partial charge < -0.3 is 10.1 Å². The van der Waals surface area contributed by atoms with E-state index >= 15 is 0 Å². The summed E-state index contributed by atoms with van der Waals surface area (Å²) in [7, 11) is 0. The van der Waals surface area contributed by atoms with Crippen molar-refractivity contribution < 1.29 is 14.3 Å². The maximum Gasteiger partial charge on any atom is 0.339 e. The number of aromatic nitrogens is 1. The zero-order chi connectivity index (χ0) is 21.6. The van der Waals surface area contributed by atoms with Gasteiger partial charge in [0.25, 0.3) is 5.91 Å².